The summed E-state index contributed by atoms with van der Waals surface area (Å²) in [7, 11) is 0. The summed E-state index contributed by atoms with van der Waals surface area (Å²) in [4.78, 5) is 1.69. The molecule has 1 rings (SSSR count). The van der Waals surface area contributed by atoms with E-state index in [2.05, 4.69) is 30.9 Å². The molecule has 0 spiro atoms. The highest BCUT2D eigenvalue weighted by molar-refractivity contribution is 9.11. The summed E-state index contributed by atoms with van der Waals surface area (Å²) in [5.41, 5.74) is 0.710. The summed E-state index contributed by atoms with van der Waals surface area (Å²) in [6.45, 7) is 0. The smallest absolute Gasteiger partial charge is 0.128 e. The normalized spacial score (nSPS) is 10.6. The van der Waals surface area contributed by atoms with E-state index in [0.29, 0.717) is 5.69 Å². The molecule has 8 heavy (non-hydrogen) atoms. The molecule has 0 unspecified atom stereocenters. The minimum atomic E-state index is 0.710. The molecule has 0 aliphatic carbocycles. The fraction of sp³-hybridized carbons (Fsp3) is 0. The largest absolute Gasteiger partial charge is 0.244 e. The minimum absolute atomic E-state index is 0.710. The van der Waals surface area contributed by atoms with Gasteiger partial charge in [0.25, 0.3) is 0 Å². The zero-order valence-electron chi connectivity index (χ0n) is 3.91. The van der Waals surface area contributed by atoms with E-state index < -0.39 is 0 Å². The molecule has 0 atom stereocenters. The van der Waals surface area contributed by atoms with E-state index in [1.54, 1.807) is 11.1 Å². The van der Waals surface area contributed by atoms with Gasteiger partial charge in [-0.1, -0.05) is 26.2 Å². The van der Waals surface area contributed by atoms with Gasteiger partial charge < -0.3 is 0 Å². The van der Waals surface area contributed by atoms with Gasteiger partial charge in [0.2, 0.25) is 0 Å². The monoisotopic (exact) mass is 174 g/mol. The fourth-order valence-corrected chi connectivity index (χ4v) is 0.581. The average Bonchev–Trinajstić information content (AvgIpc) is 2.19. The molecule has 42 valence electrons. The average molecular weight is 175 g/mol. The molecular formula is C4H3BrN2O. The second kappa shape index (κ2) is 2.61. The Bertz CT molecular complexity index is 170. The van der Waals surface area contributed by atoms with Gasteiger partial charge in [-0.05, 0) is 11.1 Å². The fourth-order valence-electron chi connectivity index (χ4n) is 0.310. The molecule has 0 aliphatic heterocycles. The lowest BCUT2D eigenvalue weighted by Crippen LogP contribution is -1.62. The SMILES string of the molecule is Br/C=C/c1cnon1. The van der Waals surface area contributed by atoms with Crippen molar-refractivity contribution in [3.8, 4) is 0 Å². The maximum absolute atomic E-state index is 4.29. The second-order valence-corrected chi connectivity index (χ2v) is 1.65. The minimum Gasteiger partial charge on any atom is -0.244 e. The first-order chi connectivity index (χ1) is 3.93. The summed E-state index contributed by atoms with van der Waals surface area (Å²) < 4.78 is 4.29. The lowest BCUT2D eigenvalue weighted by atomic mass is 10.5. The number of hydrogen-bond acceptors (Lipinski definition) is 3. The van der Waals surface area contributed by atoms with Crippen molar-refractivity contribution in [1.29, 1.82) is 0 Å². The first kappa shape index (κ1) is 5.50. The predicted molar refractivity (Wildman–Crippen MR) is 32.3 cm³/mol. The number of rotatable bonds is 1. The van der Waals surface area contributed by atoms with Gasteiger partial charge in [0.1, 0.15) is 5.69 Å². The number of nitrogens with zero attached hydrogens (tertiary/aromatic N) is 2. The maximum atomic E-state index is 4.29. The quantitative estimate of drug-likeness (QED) is 0.647. The van der Waals surface area contributed by atoms with E-state index in [-0.39, 0.29) is 0 Å². The van der Waals surface area contributed by atoms with E-state index in [1.807, 2.05) is 0 Å². The van der Waals surface area contributed by atoms with Gasteiger partial charge >= 0.3 is 0 Å². The van der Waals surface area contributed by atoms with Crippen LogP contribution in [0.2, 0.25) is 0 Å². The van der Waals surface area contributed by atoms with Crippen molar-refractivity contribution in [3.63, 3.8) is 0 Å². The summed E-state index contributed by atoms with van der Waals surface area (Å²) >= 11 is 3.08. The molecule has 1 aromatic heterocycles. The highest BCUT2D eigenvalue weighted by Crippen LogP contribution is 1.95. The topological polar surface area (TPSA) is 38.9 Å². The van der Waals surface area contributed by atoms with Gasteiger partial charge in [0, 0.05) is 0 Å². The van der Waals surface area contributed by atoms with Crippen molar-refractivity contribution >= 4 is 22.0 Å². The summed E-state index contributed by atoms with van der Waals surface area (Å²) in [6, 6.07) is 0. The van der Waals surface area contributed by atoms with Crippen LogP contribution in [0.25, 0.3) is 6.08 Å². The molecule has 0 radical (unpaired) electrons. The molecule has 0 bridgehead atoms. The van der Waals surface area contributed by atoms with E-state index in [9.17, 15) is 0 Å². The van der Waals surface area contributed by atoms with Gasteiger partial charge in [-0.3, -0.25) is 0 Å². The Morgan fingerprint density at radius 1 is 1.75 bits per heavy atom. The van der Waals surface area contributed by atoms with Crippen LogP contribution in [-0.4, -0.2) is 10.3 Å². The van der Waals surface area contributed by atoms with Crippen LogP contribution in [0.15, 0.2) is 15.8 Å². The first-order valence-corrected chi connectivity index (χ1v) is 2.89. The van der Waals surface area contributed by atoms with Gasteiger partial charge in [-0.25, -0.2) is 4.63 Å². The molecular weight excluding hydrogens is 172 g/mol. The Hall–Kier alpha value is -0.640. The van der Waals surface area contributed by atoms with Crippen molar-refractivity contribution in [3.05, 3.63) is 16.9 Å². The van der Waals surface area contributed by atoms with Crippen LogP contribution in [0.4, 0.5) is 0 Å². The third kappa shape index (κ3) is 1.16. The summed E-state index contributed by atoms with van der Waals surface area (Å²) in [5, 5.41) is 6.89. The van der Waals surface area contributed by atoms with E-state index in [4.69, 9.17) is 0 Å². The van der Waals surface area contributed by atoms with Crippen molar-refractivity contribution in [2.45, 2.75) is 0 Å². The molecule has 0 saturated carbocycles. The number of hydrogen-bond donors (Lipinski definition) is 0. The van der Waals surface area contributed by atoms with Crippen LogP contribution in [0.3, 0.4) is 0 Å². The Morgan fingerprint density at radius 3 is 3.12 bits per heavy atom. The molecule has 1 aromatic rings. The highest BCUT2D eigenvalue weighted by atomic mass is 79.9. The van der Waals surface area contributed by atoms with Crippen molar-refractivity contribution in [2.75, 3.05) is 0 Å². The lowest BCUT2D eigenvalue weighted by Gasteiger charge is -1.68. The molecule has 3 nitrogen and oxygen atoms in total. The Morgan fingerprint density at radius 2 is 2.62 bits per heavy atom. The van der Waals surface area contributed by atoms with Crippen molar-refractivity contribution in [2.24, 2.45) is 0 Å². The molecule has 1 heterocycles. The highest BCUT2D eigenvalue weighted by Gasteiger charge is 1.86. The molecule has 0 N–H and O–H groups in total. The summed E-state index contributed by atoms with van der Waals surface area (Å²) in [6.07, 6.45) is 3.26. The molecule has 0 aliphatic rings. The van der Waals surface area contributed by atoms with Crippen LogP contribution in [0.1, 0.15) is 5.69 Å². The third-order valence-electron chi connectivity index (χ3n) is 0.612. The number of aromatic nitrogens is 2. The Kier molecular flexibility index (Phi) is 1.80. The Labute approximate surface area is 54.5 Å². The van der Waals surface area contributed by atoms with Crippen LogP contribution in [0.5, 0.6) is 0 Å². The molecule has 0 aromatic carbocycles. The van der Waals surface area contributed by atoms with Crippen LogP contribution in [-0.2, 0) is 0 Å². The summed E-state index contributed by atoms with van der Waals surface area (Å²) in [5.74, 6) is 0. The van der Waals surface area contributed by atoms with Gasteiger partial charge in [0.15, 0.2) is 0 Å². The predicted octanol–water partition coefficient (Wildman–Crippen LogP) is 1.44. The Balaban J connectivity index is 2.77. The molecule has 0 saturated heterocycles. The molecule has 0 fully saturated rings. The van der Waals surface area contributed by atoms with E-state index in [0.717, 1.165) is 0 Å². The second-order valence-electron chi connectivity index (χ2n) is 1.12. The standard InChI is InChI=1S/C4H3BrN2O/c5-2-1-4-3-6-8-7-4/h1-3H/b2-1+. The van der Waals surface area contributed by atoms with Crippen molar-refractivity contribution in [1.82, 2.24) is 10.3 Å². The molecule has 4 heteroatoms. The maximum Gasteiger partial charge on any atom is 0.128 e. The van der Waals surface area contributed by atoms with Gasteiger partial charge in [-0.2, -0.15) is 0 Å². The van der Waals surface area contributed by atoms with Crippen LogP contribution in [0, 0.1) is 0 Å². The molecule has 0 amide bonds. The van der Waals surface area contributed by atoms with Crippen LogP contribution < -0.4 is 0 Å². The van der Waals surface area contributed by atoms with Gasteiger partial charge in [0.05, 0.1) is 6.20 Å². The van der Waals surface area contributed by atoms with Crippen molar-refractivity contribution < 1.29 is 4.63 Å². The third-order valence-corrected chi connectivity index (χ3v) is 0.876. The van der Waals surface area contributed by atoms with E-state index >= 15 is 0 Å². The first-order valence-electron chi connectivity index (χ1n) is 1.98. The van der Waals surface area contributed by atoms with E-state index in [1.165, 1.54) is 6.20 Å². The zero-order valence-corrected chi connectivity index (χ0v) is 5.50. The van der Waals surface area contributed by atoms with Crippen LogP contribution >= 0.6 is 15.9 Å². The lowest BCUT2D eigenvalue weighted by molar-refractivity contribution is 0.306. The zero-order chi connectivity index (χ0) is 5.82. The van der Waals surface area contributed by atoms with Gasteiger partial charge in [-0.15, -0.1) is 0 Å². The number of halogens is 1.